The Bertz CT molecular complexity index is 568. The average molecular weight is 185 g/mol. The lowest BCUT2D eigenvalue weighted by molar-refractivity contribution is 0.579. The molecule has 70 valence electrons. The lowest BCUT2D eigenvalue weighted by Gasteiger charge is -2.07. The van der Waals surface area contributed by atoms with Crippen LogP contribution in [0.15, 0.2) is 35.1 Å². The Morgan fingerprint density at radius 3 is 3.00 bits per heavy atom. The van der Waals surface area contributed by atoms with Crippen LogP contribution in [-0.4, -0.2) is 4.57 Å². The minimum absolute atomic E-state index is 0.120. The van der Waals surface area contributed by atoms with Crippen molar-refractivity contribution in [2.24, 2.45) is 0 Å². The molecule has 0 bridgehead atoms. The quantitative estimate of drug-likeness (QED) is 0.616. The van der Waals surface area contributed by atoms with E-state index in [1.165, 1.54) is 10.9 Å². The summed E-state index contributed by atoms with van der Waals surface area (Å²) in [6.07, 6.45) is 0.983. The molecule has 2 aromatic rings. The molecule has 0 aliphatic carbocycles. The van der Waals surface area contributed by atoms with E-state index in [-0.39, 0.29) is 5.56 Å². The summed E-state index contributed by atoms with van der Waals surface area (Å²) in [6.45, 7) is 2.10. The third-order valence-electron chi connectivity index (χ3n) is 2.99. The Kier molecular flexibility index (Phi) is 1.38. The van der Waals surface area contributed by atoms with Crippen molar-refractivity contribution < 1.29 is 0 Å². The number of benzene rings is 1. The second kappa shape index (κ2) is 2.47. The number of pyridine rings is 1. The summed E-state index contributed by atoms with van der Waals surface area (Å²) in [5.41, 5.74) is 2.55. The van der Waals surface area contributed by atoms with Crippen molar-refractivity contribution in [2.75, 3.05) is 0 Å². The third-order valence-corrected chi connectivity index (χ3v) is 2.99. The highest BCUT2D eigenvalue weighted by Crippen LogP contribution is 2.29. The molecule has 2 nitrogen and oxygen atoms in total. The SMILES string of the molecule is CC1Cc2cccc3ccc(=O)n1c23. The van der Waals surface area contributed by atoms with Crippen molar-refractivity contribution >= 4 is 10.9 Å². The van der Waals surface area contributed by atoms with Crippen LogP contribution in [0.2, 0.25) is 0 Å². The maximum atomic E-state index is 11.7. The molecule has 1 aromatic carbocycles. The molecule has 3 rings (SSSR count). The van der Waals surface area contributed by atoms with Gasteiger partial charge in [0.2, 0.25) is 0 Å². The highest BCUT2D eigenvalue weighted by atomic mass is 16.1. The van der Waals surface area contributed by atoms with Crippen molar-refractivity contribution in [2.45, 2.75) is 19.4 Å². The zero-order chi connectivity index (χ0) is 9.71. The highest BCUT2D eigenvalue weighted by Gasteiger charge is 2.20. The fourth-order valence-corrected chi connectivity index (χ4v) is 2.40. The van der Waals surface area contributed by atoms with Crippen LogP contribution in [0, 0.1) is 0 Å². The van der Waals surface area contributed by atoms with Gasteiger partial charge in [0, 0.05) is 12.1 Å². The van der Waals surface area contributed by atoms with Gasteiger partial charge in [0.1, 0.15) is 0 Å². The van der Waals surface area contributed by atoms with Gasteiger partial charge >= 0.3 is 0 Å². The first-order valence-corrected chi connectivity index (χ1v) is 4.90. The van der Waals surface area contributed by atoms with E-state index in [4.69, 9.17) is 0 Å². The van der Waals surface area contributed by atoms with Crippen molar-refractivity contribution in [1.82, 2.24) is 4.57 Å². The molecule has 1 aliphatic rings. The number of rotatable bonds is 0. The van der Waals surface area contributed by atoms with Crippen LogP contribution >= 0.6 is 0 Å². The summed E-state index contributed by atoms with van der Waals surface area (Å²) in [5.74, 6) is 0. The predicted molar refractivity (Wildman–Crippen MR) is 56.6 cm³/mol. The van der Waals surface area contributed by atoms with E-state index in [2.05, 4.69) is 25.1 Å². The molecule has 0 spiro atoms. The third kappa shape index (κ3) is 0.830. The van der Waals surface area contributed by atoms with Crippen LogP contribution < -0.4 is 5.56 Å². The van der Waals surface area contributed by atoms with Crippen LogP contribution in [0.25, 0.3) is 10.9 Å². The van der Waals surface area contributed by atoms with Crippen LogP contribution in [0.1, 0.15) is 18.5 Å². The topological polar surface area (TPSA) is 22.0 Å². The smallest absolute Gasteiger partial charge is 0.251 e. The molecule has 1 unspecified atom stereocenters. The fourth-order valence-electron chi connectivity index (χ4n) is 2.40. The number of aromatic nitrogens is 1. The Labute approximate surface area is 81.8 Å². The van der Waals surface area contributed by atoms with Crippen LogP contribution in [0.4, 0.5) is 0 Å². The lowest BCUT2D eigenvalue weighted by atomic mass is 10.1. The van der Waals surface area contributed by atoms with E-state index in [0.29, 0.717) is 6.04 Å². The summed E-state index contributed by atoms with van der Waals surface area (Å²) in [6, 6.07) is 10.1. The minimum Gasteiger partial charge on any atom is -0.305 e. The Balaban J connectivity index is 2.59. The molecule has 0 amide bonds. The van der Waals surface area contributed by atoms with Gasteiger partial charge in [-0.2, -0.15) is 0 Å². The number of para-hydroxylation sites is 1. The van der Waals surface area contributed by atoms with Gasteiger partial charge < -0.3 is 4.57 Å². The first-order chi connectivity index (χ1) is 6.77. The molecule has 0 saturated carbocycles. The van der Waals surface area contributed by atoms with E-state index in [9.17, 15) is 4.79 Å². The Hall–Kier alpha value is -1.57. The molecule has 1 aromatic heterocycles. The van der Waals surface area contributed by atoms with Crippen LogP contribution in [0.5, 0.6) is 0 Å². The van der Waals surface area contributed by atoms with Gasteiger partial charge in [0.25, 0.3) is 5.56 Å². The van der Waals surface area contributed by atoms with E-state index in [0.717, 1.165) is 11.9 Å². The largest absolute Gasteiger partial charge is 0.305 e. The molecule has 0 fully saturated rings. The second-order valence-electron chi connectivity index (χ2n) is 3.95. The first kappa shape index (κ1) is 7.80. The van der Waals surface area contributed by atoms with Crippen LogP contribution in [0.3, 0.4) is 0 Å². The average Bonchev–Trinajstić information content (AvgIpc) is 2.51. The molecule has 0 N–H and O–H groups in total. The van der Waals surface area contributed by atoms with Gasteiger partial charge in [0.05, 0.1) is 5.52 Å². The van der Waals surface area contributed by atoms with Crippen molar-refractivity contribution in [1.29, 1.82) is 0 Å². The predicted octanol–water partition coefficient (Wildman–Crippen LogP) is 2.12. The van der Waals surface area contributed by atoms with Gasteiger partial charge in [-0.3, -0.25) is 4.79 Å². The molecular weight excluding hydrogens is 174 g/mol. The Morgan fingerprint density at radius 2 is 2.14 bits per heavy atom. The van der Waals surface area contributed by atoms with Gasteiger partial charge in [-0.05, 0) is 30.4 Å². The molecule has 0 saturated heterocycles. The molecule has 0 radical (unpaired) electrons. The minimum atomic E-state index is 0.120. The van der Waals surface area contributed by atoms with Gasteiger partial charge in [-0.1, -0.05) is 18.2 Å². The molecule has 1 atom stereocenters. The molecule has 2 heteroatoms. The van der Waals surface area contributed by atoms with Gasteiger partial charge in [-0.15, -0.1) is 0 Å². The molecule has 14 heavy (non-hydrogen) atoms. The summed E-state index contributed by atoms with van der Waals surface area (Å²) < 4.78 is 1.91. The van der Waals surface area contributed by atoms with Crippen molar-refractivity contribution in [3.8, 4) is 0 Å². The summed E-state index contributed by atoms with van der Waals surface area (Å²) in [4.78, 5) is 11.7. The monoisotopic (exact) mass is 185 g/mol. The number of hydrogen-bond donors (Lipinski definition) is 0. The zero-order valence-electron chi connectivity index (χ0n) is 8.03. The zero-order valence-corrected chi connectivity index (χ0v) is 8.03. The summed E-state index contributed by atoms with van der Waals surface area (Å²) in [7, 11) is 0. The summed E-state index contributed by atoms with van der Waals surface area (Å²) in [5, 5.41) is 1.17. The highest BCUT2D eigenvalue weighted by molar-refractivity contribution is 5.83. The molecular formula is C12H11NO. The molecule has 1 aliphatic heterocycles. The van der Waals surface area contributed by atoms with Gasteiger partial charge in [-0.25, -0.2) is 0 Å². The standard InChI is InChI=1S/C12H11NO/c1-8-7-10-4-2-3-9-5-6-11(14)13(8)12(9)10/h2-6,8H,7H2,1H3. The maximum absolute atomic E-state index is 11.7. The van der Waals surface area contributed by atoms with Gasteiger partial charge in [0.15, 0.2) is 0 Å². The normalized spacial score (nSPS) is 19.1. The maximum Gasteiger partial charge on any atom is 0.251 e. The van der Waals surface area contributed by atoms with Crippen molar-refractivity contribution in [3.05, 3.63) is 46.2 Å². The number of hydrogen-bond acceptors (Lipinski definition) is 1. The Morgan fingerprint density at radius 1 is 1.29 bits per heavy atom. The fraction of sp³-hybridized carbons (Fsp3) is 0.250. The lowest BCUT2D eigenvalue weighted by Crippen LogP contribution is -2.19. The van der Waals surface area contributed by atoms with E-state index in [1.54, 1.807) is 6.07 Å². The van der Waals surface area contributed by atoms with Crippen LogP contribution in [-0.2, 0) is 6.42 Å². The van der Waals surface area contributed by atoms with Crippen molar-refractivity contribution in [3.63, 3.8) is 0 Å². The first-order valence-electron chi connectivity index (χ1n) is 4.90. The van der Waals surface area contributed by atoms with E-state index in [1.807, 2.05) is 10.6 Å². The van der Waals surface area contributed by atoms with E-state index < -0.39 is 0 Å². The molecule has 2 heterocycles. The number of nitrogens with zero attached hydrogens (tertiary/aromatic N) is 1. The second-order valence-corrected chi connectivity index (χ2v) is 3.95. The van der Waals surface area contributed by atoms with E-state index >= 15 is 0 Å². The summed E-state index contributed by atoms with van der Waals surface area (Å²) >= 11 is 0.